The van der Waals surface area contributed by atoms with Crippen LogP contribution in [0.4, 0.5) is 11.4 Å². The largest absolute Gasteiger partial charge is 0.375 e. The van der Waals surface area contributed by atoms with Crippen molar-refractivity contribution in [2.75, 3.05) is 42.9 Å². The van der Waals surface area contributed by atoms with Crippen molar-refractivity contribution in [2.24, 2.45) is 13.0 Å². The SMILES string of the molecule is CC(Nc1cccc(N2CCN(CC3CC3)CC2)c1)c1nnnn1C. The fourth-order valence-corrected chi connectivity index (χ4v) is 3.56. The molecule has 1 aliphatic heterocycles. The fourth-order valence-electron chi connectivity index (χ4n) is 3.56. The number of nitrogens with one attached hydrogen (secondary N) is 1. The van der Waals surface area contributed by atoms with Gasteiger partial charge in [0.05, 0.1) is 6.04 Å². The summed E-state index contributed by atoms with van der Waals surface area (Å²) >= 11 is 0. The maximum atomic E-state index is 4.08. The number of hydrogen-bond donors (Lipinski definition) is 1. The van der Waals surface area contributed by atoms with Crippen molar-refractivity contribution in [2.45, 2.75) is 25.8 Å². The molecule has 1 aromatic heterocycles. The number of benzene rings is 1. The Morgan fingerprint density at radius 1 is 1.20 bits per heavy atom. The first kappa shape index (κ1) is 16.3. The van der Waals surface area contributed by atoms with Crippen LogP contribution in [0, 0.1) is 5.92 Å². The number of rotatable bonds is 6. The van der Waals surface area contributed by atoms with Crippen molar-refractivity contribution in [3.05, 3.63) is 30.1 Å². The molecule has 2 aliphatic rings. The predicted molar refractivity (Wildman–Crippen MR) is 98.7 cm³/mol. The lowest BCUT2D eigenvalue weighted by Gasteiger charge is -2.36. The zero-order valence-corrected chi connectivity index (χ0v) is 15.1. The first-order chi connectivity index (χ1) is 12.2. The summed E-state index contributed by atoms with van der Waals surface area (Å²) in [6, 6.07) is 8.72. The van der Waals surface area contributed by atoms with Crippen molar-refractivity contribution in [3.63, 3.8) is 0 Å². The van der Waals surface area contributed by atoms with Crippen molar-refractivity contribution in [1.29, 1.82) is 0 Å². The van der Waals surface area contributed by atoms with E-state index in [1.807, 2.05) is 7.05 Å². The maximum Gasteiger partial charge on any atom is 0.173 e. The summed E-state index contributed by atoms with van der Waals surface area (Å²) < 4.78 is 1.71. The second-order valence-corrected chi connectivity index (χ2v) is 7.31. The van der Waals surface area contributed by atoms with Gasteiger partial charge >= 0.3 is 0 Å². The molecule has 4 rings (SSSR count). The molecule has 2 aromatic rings. The van der Waals surface area contributed by atoms with Crippen LogP contribution >= 0.6 is 0 Å². The second kappa shape index (κ2) is 7.00. The number of aromatic nitrogens is 4. The molecule has 1 atom stereocenters. The van der Waals surface area contributed by atoms with E-state index < -0.39 is 0 Å². The molecule has 2 fully saturated rings. The summed E-state index contributed by atoms with van der Waals surface area (Å²) in [5.41, 5.74) is 2.40. The normalized spacial score (nSPS) is 19.8. The lowest BCUT2D eigenvalue weighted by atomic mass is 10.2. The minimum Gasteiger partial charge on any atom is -0.375 e. The summed E-state index contributed by atoms with van der Waals surface area (Å²) in [5.74, 6) is 1.81. The highest BCUT2D eigenvalue weighted by Gasteiger charge is 2.26. The highest BCUT2D eigenvalue weighted by Crippen LogP contribution is 2.30. The Bertz CT molecular complexity index is 701. The maximum absolute atomic E-state index is 4.08. The minimum absolute atomic E-state index is 0.0608. The Morgan fingerprint density at radius 3 is 2.68 bits per heavy atom. The van der Waals surface area contributed by atoms with Crippen molar-refractivity contribution in [1.82, 2.24) is 25.1 Å². The zero-order valence-electron chi connectivity index (χ0n) is 15.1. The van der Waals surface area contributed by atoms with E-state index in [0.29, 0.717) is 0 Å². The van der Waals surface area contributed by atoms with Crippen LogP contribution in [-0.4, -0.2) is 57.8 Å². The monoisotopic (exact) mass is 341 g/mol. The predicted octanol–water partition coefficient (Wildman–Crippen LogP) is 1.92. The van der Waals surface area contributed by atoms with Gasteiger partial charge in [0.25, 0.3) is 0 Å². The van der Waals surface area contributed by atoms with Crippen LogP contribution in [0.3, 0.4) is 0 Å². The van der Waals surface area contributed by atoms with Gasteiger partial charge in [-0.05, 0) is 54.3 Å². The lowest BCUT2D eigenvalue weighted by molar-refractivity contribution is 0.248. The smallest absolute Gasteiger partial charge is 0.173 e. The average molecular weight is 341 g/mol. The molecule has 0 amide bonds. The number of anilines is 2. The highest BCUT2D eigenvalue weighted by atomic mass is 15.5. The first-order valence-corrected chi connectivity index (χ1v) is 9.25. The summed E-state index contributed by atoms with van der Waals surface area (Å²) in [5, 5.41) is 15.2. The third-order valence-electron chi connectivity index (χ3n) is 5.22. The Hall–Kier alpha value is -2.15. The number of hydrogen-bond acceptors (Lipinski definition) is 6. The lowest BCUT2D eigenvalue weighted by Crippen LogP contribution is -2.47. The van der Waals surface area contributed by atoms with E-state index in [-0.39, 0.29) is 6.04 Å². The van der Waals surface area contributed by atoms with Crippen LogP contribution in [0.5, 0.6) is 0 Å². The third kappa shape index (κ3) is 3.92. The first-order valence-electron chi connectivity index (χ1n) is 9.25. The molecule has 0 bridgehead atoms. The molecule has 1 N–H and O–H groups in total. The molecule has 2 heterocycles. The summed E-state index contributed by atoms with van der Waals surface area (Å²) in [4.78, 5) is 5.11. The molecule has 0 radical (unpaired) electrons. The van der Waals surface area contributed by atoms with Gasteiger partial charge < -0.3 is 10.2 Å². The average Bonchev–Trinajstić information content (AvgIpc) is 3.33. The van der Waals surface area contributed by atoms with Gasteiger partial charge in [0, 0.05) is 51.1 Å². The van der Waals surface area contributed by atoms with E-state index >= 15 is 0 Å². The summed E-state index contributed by atoms with van der Waals surface area (Å²) in [7, 11) is 1.87. The quantitative estimate of drug-likeness (QED) is 0.866. The van der Waals surface area contributed by atoms with Crippen LogP contribution < -0.4 is 10.2 Å². The van der Waals surface area contributed by atoms with Crippen LogP contribution in [-0.2, 0) is 7.05 Å². The van der Waals surface area contributed by atoms with Crippen LogP contribution in [0.1, 0.15) is 31.6 Å². The zero-order chi connectivity index (χ0) is 17.2. The van der Waals surface area contributed by atoms with Crippen LogP contribution in [0.25, 0.3) is 0 Å². The molecule has 1 aliphatic carbocycles. The van der Waals surface area contributed by atoms with Gasteiger partial charge in [-0.1, -0.05) is 6.07 Å². The standard InChI is InChI=1S/C18H27N7/c1-14(18-20-21-22-23(18)2)19-16-4-3-5-17(12-16)25-10-8-24(9-11-25)13-15-6-7-15/h3-5,12,14-15,19H,6-11,13H2,1-2H3. The molecular formula is C18H27N7. The summed E-state index contributed by atoms with van der Waals surface area (Å²) in [6.07, 6.45) is 2.88. The van der Waals surface area contributed by atoms with E-state index in [4.69, 9.17) is 0 Å². The number of aryl methyl sites for hydroxylation is 1. The topological polar surface area (TPSA) is 62.1 Å². The molecule has 1 aromatic carbocycles. The fraction of sp³-hybridized carbons (Fsp3) is 0.611. The van der Waals surface area contributed by atoms with Gasteiger partial charge in [-0.2, -0.15) is 0 Å². The van der Waals surface area contributed by atoms with E-state index in [1.165, 1.54) is 38.2 Å². The summed E-state index contributed by atoms with van der Waals surface area (Å²) in [6.45, 7) is 7.95. The van der Waals surface area contributed by atoms with Crippen molar-refractivity contribution >= 4 is 11.4 Å². The van der Waals surface area contributed by atoms with Gasteiger partial charge in [-0.3, -0.25) is 4.90 Å². The Morgan fingerprint density at radius 2 is 2.00 bits per heavy atom. The van der Waals surface area contributed by atoms with E-state index in [1.54, 1.807) is 4.68 Å². The third-order valence-corrected chi connectivity index (χ3v) is 5.22. The van der Waals surface area contributed by atoms with E-state index in [2.05, 4.69) is 61.8 Å². The van der Waals surface area contributed by atoms with Crippen LogP contribution in [0.15, 0.2) is 24.3 Å². The Kier molecular flexibility index (Phi) is 4.57. The Labute approximate surface area is 149 Å². The number of piperazine rings is 1. The molecule has 1 saturated heterocycles. The van der Waals surface area contributed by atoms with Gasteiger partial charge in [0.15, 0.2) is 5.82 Å². The molecule has 7 nitrogen and oxygen atoms in total. The second-order valence-electron chi connectivity index (χ2n) is 7.31. The van der Waals surface area contributed by atoms with E-state index in [9.17, 15) is 0 Å². The molecule has 1 unspecified atom stereocenters. The Balaban J connectivity index is 1.37. The van der Waals surface area contributed by atoms with Gasteiger partial charge in [-0.25, -0.2) is 4.68 Å². The molecule has 25 heavy (non-hydrogen) atoms. The molecular weight excluding hydrogens is 314 g/mol. The minimum atomic E-state index is 0.0608. The van der Waals surface area contributed by atoms with Crippen molar-refractivity contribution in [3.8, 4) is 0 Å². The van der Waals surface area contributed by atoms with Gasteiger partial charge in [-0.15, -0.1) is 5.10 Å². The number of nitrogens with zero attached hydrogens (tertiary/aromatic N) is 6. The van der Waals surface area contributed by atoms with Crippen molar-refractivity contribution < 1.29 is 0 Å². The van der Waals surface area contributed by atoms with Crippen LogP contribution in [0.2, 0.25) is 0 Å². The molecule has 0 spiro atoms. The highest BCUT2D eigenvalue weighted by molar-refractivity contribution is 5.58. The van der Waals surface area contributed by atoms with Gasteiger partial charge in [0.1, 0.15) is 0 Å². The van der Waals surface area contributed by atoms with E-state index in [0.717, 1.165) is 30.5 Å². The molecule has 7 heteroatoms. The number of tetrazole rings is 1. The molecule has 134 valence electrons. The van der Waals surface area contributed by atoms with Gasteiger partial charge in [0.2, 0.25) is 0 Å². The molecule has 1 saturated carbocycles.